The van der Waals surface area contributed by atoms with E-state index >= 15 is 0 Å². The predicted octanol–water partition coefficient (Wildman–Crippen LogP) is 2.64. The number of hydrogen-bond acceptors (Lipinski definition) is 4. The van der Waals surface area contributed by atoms with Gasteiger partial charge in [-0.25, -0.2) is 0 Å². The van der Waals surface area contributed by atoms with Crippen LogP contribution in [-0.4, -0.2) is 14.6 Å². The van der Waals surface area contributed by atoms with Crippen LogP contribution in [0.15, 0.2) is 29.8 Å². The van der Waals surface area contributed by atoms with Gasteiger partial charge < -0.3 is 0 Å². The predicted molar refractivity (Wildman–Crippen MR) is 65.8 cm³/mol. The Labute approximate surface area is 102 Å². The molecule has 0 aromatic carbocycles. The minimum absolute atomic E-state index is 0.597. The first-order valence-electron chi connectivity index (χ1n) is 5.09. The minimum atomic E-state index is 0.597. The van der Waals surface area contributed by atoms with Crippen molar-refractivity contribution >= 4 is 17.0 Å². The average molecular weight is 240 g/mol. The lowest BCUT2D eigenvalue weighted by atomic mass is 10.2. The van der Waals surface area contributed by atoms with Crippen molar-refractivity contribution in [3.8, 4) is 16.8 Å². The molecule has 0 N–H and O–H groups in total. The standard InChI is InChI=1S/C12H8N4S/c1-8-3-5-17-11(8)12-15-14-10-6-9(7-13)2-4-16(10)12/h2-6H,1H3. The molecule has 0 unspecified atom stereocenters. The SMILES string of the molecule is Cc1ccsc1-c1nnc2cc(C#N)ccn12. The van der Waals surface area contributed by atoms with E-state index in [1.54, 1.807) is 23.5 Å². The van der Waals surface area contributed by atoms with Crippen molar-refractivity contribution in [2.75, 3.05) is 0 Å². The molecule has 0 saturated carbocycles. The molecule has 0 aliphatic carbocycles. The third kappa shape index (κ3) is 1.50. The van der Waals surface area contributed by atoms with Gasteiger partial charge in [-0.2, -0.15) is 5.26 Å². The first-order valence-corrected chi connectivity index (χ1v) is 5.97. The van der Waals surface area contributed by atoms with E-state index in [2.05, 4.69) is 29.3 Å². The van der Waals surface area contributed by atoms with Crippen LogP contribution in [0.25, 0.3) is 16.3 Å². The number of aryl methyl sites for hydroxylation is 1. The van der Waals surface area contributed by atoms with Gasteiger partial charge in [0, 0.05) is 12.3 Å². The van der Waals surface area contributed by atoms with Gasteiger partial charge in [0.25, 0.3) is 0 Å². The molecule has 0 fully saturated rings. The van der Waals surface area contributed by atoms with E-state index in [1.165, 1.54) is 5.56 Å². The monoisotopic (exact) mass is 240 g/mol. The minimum Gasteiger partial charge on any atom is -0.282 e. The van der Waals surface area contributed by atoms with Gasteiger partial charge in [-0.1, -0.05) is 0 Å². The van der Waals surface area contributed by atoms with Crippen LogP contribution in [-0.2, 0) is 0 Å². The first kappa shape index (κ1) is 10.00. The Bertz CT molecular complexity index is 732. The van der Waals surface area contributed by atoms with Gasteiger partial charge in [0.2, 0.25) is 0 Å². The molecular formula is C12H8N4S. The molecule has 3 heterocycles. The van der Waals surface area contributed by atoms with E-state index in [1.807, 2.05) is 16.0 Å². The van der Waals surface area contributed by atoms with E-state index in [0.29, 0.717) is 11.2 Å². The highest BCUT2D eigenvalue weighted by Gasteiger charge is 2.11. The molecule has 4 nitrogen and oxygen atoms in total. The van der Waals surface area contributed by atoms with E-state index < -0.39 is 0 Å². The van der Waals surface area contributed by atoms with Crippen molar-refractivity contribution in [1.82, 2.24) is 14.6 Å². The van der Waals surface area contributed by atoms with Crippen molar-refractivity contribution in [1.29, 1.82) is 5.26 Å². The number of rotatable bonds is 1. The second-order valence-corrected chi connectivity index (χ2v) is 4.63. The summed E-state index contributed by atoms with van der Waals surface area (Å²) in [4.78, 5) is 1.11. The number of hydrogen-bond donors (Lipinski definition) is 0. The van der Waals surface area contributed by atoms with E-state index in [4.69, 9.17) is 5.26 Å². The van der Waals surface area contributed by atoms with Crippen LogP contribution in [0.4, 0.5) is 0 Å². The molecule has 3 rings (SSSR count). The summed E-state index contributed by atoms with van der Waals surface area (Å²) in [5.74, 6) is 0.831. The molecule has 0 amide bonds. The van der Waals surface area contributed by atoms with Crippen molar-refractivity contribution in [3.63, 3.8) is 0 Å². The molecule has 82 valence electrons. The zero-order valence-electron chi connectivity index (χ0n) is 9.08. The summed E-state index contributed by atoms with van der Waals surface area (Å²) >= 11 is 1.64. The lowest BCUT2D eigenvalue weighted by Crippen LogP contribution is -1.89. The molecule has 0 radical (unpaired) electrons. The number of fused-ring (bicyclic) bond motifs is 1. The number of aromatic nitrogens is 3. The summed E-state index contributed by atoms with van der Waals surface area (Å²) in [5, 5.41) is 19.1. The summed E-state index contributed by atoms with van der Waals surface area (Å²) < 4.78 is 1.90. The molecule has 0 aliphatic rings. The molecule has 3 aromatic rings. The number of nitrogens with zero attached hydrogens (tertiary/aromatic N) is 4. The normalized spacial score (nSPS) is 10.6. The lowest BCUT2D eigenvalue weighted by Gasteiger charge is -1.98. The summed E-state index contributed by atoms with van der Waals surface area (Å²) in [5.41, 5.74) is 2.49. The van der Waals surface area contributed by atoms with E-state index in [9.17, 15) is 0 Å². The van der Waals surface area contributed by atoms with Gasteiger partial charge in [-0.05, 0) is 30.0 Å². The van der Waals surface area contributed by atoms with Gasteiger partial charge in [-0.15, -0.1) is 21.5 Å². The maximum absolute atomic E-state index is 8.83. The second-order valence-electron chi connectivity index (χ2n) is 3.71. The van der Waals surface area contributed by atoms with Gasteiger partial charge >= 0.3 is 0 Å². The zero-order valence-corrected chi connectivity index (χ0v) is 9.90. The quantitative estimate of drug-likeness (QED) is 0.657. The topological polar surface area (TPSA) is 54.0 Å². The van der Waals surface area contributed by atoms with Crippen LogP contribution in [0, 0.1) is 18.3 Å². The summed E-state index contributed by atoms with van der Waals surface area (Å²) in [7, 11) is 0. The molecular weight excluding hydrogens is 232 g/mol. The number of nitriles is 1. The Balaban J connectivity index is 2.27. The van der Waals surface area contributed by atoms with E-state index in [-0.39, 0.29) is 0 Å². The summed E-state index contributed by atoms with van der Waals surface area (Å²) in [6.45, 7) is 2.05. The molecule has 0 bridgehead atoms. The van der Waals surface area contributed by atoms with E-state index in [0.717, 1.165) is 10.7 Å². The third-order valence-corrected chi connectivity index (χ3v) is 3.62. The maximum Gasteiger partial charge on any atom is 0.178 e. The Morgan fingerprint density at radius 3 is 2.94 bits per heavy atom. The Hall–Kier alpha value is -2.19. The third-order valence-electron chi connectivity index (χ3n) is 2.60. The van der Waals surface area contributed by atoms with Gasteiger partial charge in [-0.3, -0.25) is 4.40 Å². The highest BCUT2D eigenvalue weighted by molar-refractivity contribution is 7.13. The highest BCUT2D eigenvalue weighted by atomic mass is 32.1. The molecule has 3 aromatic heterocycles. The van der Waals surface area contributed by atoms with Crippen LogP contribution in [0.1, 0.15) is 11.1 Å². The Morgan fingerprint density at radius 1 is 1.35 bits per heavy atom. The zero-order chi connectivity index (χ0) is 11.8. The van der Waals surface area contributed by atoms with Crippen LogP contribution in [0.3, 0.4) is 0 Å². The largest absolute Gasteiger partial charge is 0.282 e. The van der Waals surface area contributed by atoms with Crippen molar-refractivity contribution in [2.24, 2.45) is 0 Å². The van der Waals surface area contributed by atoms with Crippen molar-refractivity contribution in [3.05, 3.63) is 40.9 Å². The second kappa shape index (κ2) is 3.68. The molecule has 0 saturated heterocycles. The Morgan fingerprint density at radius 2 is 2.24 bits per heavy atom. The fourth-order valence-corrected chi connectivity index (χ4v) is 2.62. The van der Waals surface area contributed by atoms with Gasteiger partial charge in [0.1, 0.15) is 0 Å². The maximum atomic E-state index is 8.83. The van der Waals surface area contributed by atoms with Crippen LogP contribution < -0.4 is 0 Å². The van der Waals surface area contributed by atoms with Crippen LogP contribution >= 0.6 is 11.3 Å². The van der Waals surface area contributed by atoms with Crippen molar-refractivity contribution in [2.45, 2.75) is 6.92 Å². The highest BCUT2D eigenvalue weighted by Crippen LogP contribution is 2.27. The fourth-order valence-electron chi connectivity index (χ4n) is 1.72. The van der Waals surface area contributed by atoms with Gasteiger partial charge in [0.05, 0.1) is 16.5 Å². The van der Waals surface area contributed by atoms with Crippen LogP contribution in [0.2, 0.25) is 0 Å². The van der Waals surface area contributed by atoms with Gasteiger partial charge in [0.15, 0.2) is 11.5 Å². The molecule has 5 heteroatoms. The molecule has 0 aliphatic heterocycles. The molecule has 0 atom stereocenters. The van der Waals surface area contributed by atoms with Crippen molar-refractivity contribution < 1.29 is 0 Å². The number of pyridine rings is 1. The smallest absolute Gasteiger partial charge is 0.178 e. The molecule has 17 heavy (non-hydrogen) atoms. The fraction of sp³-hybridized carbons (Fsp3) is 0.0833. The summed E-state index contributed by atoms with van der Waals surface area (Å²) in [6, 6.07) is 7.66. The number of thiophene rings is 1. The Kier molecular flexibility index (Phi) is 2.16. The summed E-state index contributed by atoms with van der Waals surface area (Å²) in [6.07, 6.45) is 1.84. The average Bonchev–Trinajstić information content (AvgIpc) is 2.94. The lowest BCUT2D eigenvalue weighted by molar-refractivity contribution is 1.11. The van der Waals surface area contributed by atoms with Crippen LogP contribution in [0.5, 0.6) is 0 Å². The molecule has 0 spiro atoms. The first-order chi connectivity index (χ1) is 8.29.